The molecule has 0 aliphatic carbocycles. The zero-order valence-corrected chi connectivity index (χ0v) is 20.1. The molecule has 2 aromatic carbocycles. The highest BCUT2D eigenvalue weighted by molar-refractivity contribution is 9.10. The summed E-state index contributed by atoms with van der Waals surface area (Å²) in [6, 6.07) is 11.0. The van der Waals surface area contributed by atoms with Crippen LogP contribution in [0.25, 0.3) is 0 Å². The van der Waals surface area contributed by atoms with Crippen LogP contribution in [0.2, 0.25) is 0 Å². The number of ether oxygens (including phenoxy) is 1. The van der Waals surface area contributed by atoms with E-state index in [4.69, 9.17) is 4.74 Å². The second-order valence-electron chi connectivity index (χ2n) is 7.64. The molecule has 3 N–H and O–H groups in total. The van der Waals surface area contributed by atoms with E-state index in [2.05, 4.69) is 37.1 Å². The molecule has 32 heavy (non-hydrogen) atoms. The van der Waals surface area contributed by atoms with E-state index >= 15 is 0 Å². The first kappa shape index (κ1) is 25.1. The molecule has 0 atom stereocenters. The Morgan fingerprint density at radius 2 is 1.84 bits per heavy atom. The van der Waals surface area contributed by atoms with Gasteiger partial charge in [0, 0.05) is 22.3 Å². The molecule has 3 amide bonds. The Hall–Kier alpha value is -3.20. The number of amides is 3. The van der Waals surface area contributed by atoms with Gasteiger partial charge in [0.1, 0.15) is 5.75 Å². The number of nitrogens with one attached hydrogen (secondary N) is 3. The third-order valence-electron chi connectivity index (χ3n) is 4.24. The molecule has 9 heteroatoms. The Bertz CT molecular complexity index is 1020. The van der Waals surface area contributed by atoms with Gasteiger partial charge in [0.15, 0.2) is 6.61 Å². The molecule has 0 heterocycles. The van der Waals surface area contributed by atoms with Gasteiger partial charge in [-0.15, -0.1) is 0 Å². The molecule has 0 aromatic heterocycles. The van der Waals surface area contributed by atoms with Crippen LogP contribution in [0.4, 0.5) is 5.69 Å². The molecular weight excluding hydrogens is 476 g/mol. The summed E-state index contributed by atoms with van der Waals surface area (Å²) in [6.07, 6.45) is 1.34. The van der Waals surface area contributed by atoms with Crippen molar-refractivity contribution in [3.63, 3.8) is 0 Å². The highest BCUT2D eigenvalue weighted by Crippen LogP contribution is 2.22. The molecule has 0 aliphatic heterocycles. The maximum absolute atomic E-state index is 12.3. The predicted octanol–water partition coefficient (Wildman–Crippen LogP) is 3.31. The average molecular weight is 503 g/mol. The third-order valence-corrected chi connectivity index (χ3v) is 4.74. The molecule has 0 radical (unpaired) electrons. The molecule has 2 aromatic rings. The number of hydrazone groups is 1. The van der Waals surface area contributed by atoms with Crippen molar-refractivity contribution < 1.29 is 19.1 Å². The van der Waals surface area contributed by atoms with Crippen LogP contribution in [0, 0.1) is 19.8 Å². The minimum Gasteiger partial charge on any atom is -0.483 e. The smallest absolute Gasteiger partial charge is 0.329 e. The molecule has 0 saturated heterocycles. The first-order valence-electron chi connectivity index (χ1n) is 10.1. The van der Waals surface area contributed by atoms with E-state index in [9.17, 15) is 14.4 Å². The normalized spacial score (nSPS) is 10.8. The molecule has 0 spiro atoms. The summed E-state index contributed by atoms with van der Waals surface area (Å²) in [7, 11) is 0. The van der Waals surface area contributed by atoms with Crippen LogP contribution in [-0.2, 0) is 14.4 Å². The molecule has 0 bridgehead atoms. The lowest BCUT2D eigenvalue weighted by Gasteiger charge is -2.12. The van der Waals surface area contributed by atoms with Gasteiger partial charge in [-0.25, -0.2) is 5.43 Å². The fraction of sp³-hybridized carbons (Fsp3) is 0.304. The Balaban J connectivity index is 1.98. The summed E-state index contributed by atoms with van der Waals surface area (Å²) in [6.45, 7) is 7.90. The number of hydrogen-bond donors (Lipinski definition) is 3. The number of hydrogen-bond acceptors (Lipinski definition) is 5. The summed E-state index contributed by atoms with van der Waals surface area (Å²) in [4.78, 5) is 35.9. The van der Waals surface area contributed by atoms with Crippen molar-refractivity contribution in [2.75, 3.05) is 18.5 Å². The van der Waals surface area contributed by atoms with Gasteiger partial charge in [-0.2, -0.15) is 5.10 Å². The Morgan fingerprint density at radius 3 is 2.56 bits per heavy atom. The second kappa shape index (κ2) is 12.0. The van der Waals surface area contributed by atoms with E-state index in [1.165, 1.54) is 6.21 Å². The van der Waals surface area contributed by atoms with Gasteiger partial charge >= 0.3 is 11.8 Å². The van der Waals surface area contributed by atoms with E-state index in [-0.39, 0.29) is 18.4 Å². The lowest BCUT2D eigenvalue weighted by molar-refractivity contribution is -0.139. The number of rotatable bonds is 8. The largest absolute Gasteiger partial charge is 0.483 e. The van der Waals surface area contributed by atoms with Crippen molar-refractivity contribution in [1.82, 2.24) is 10.7 Å². The zero-order chi connectivity index (χ0) is 23.7. The SMILES string of the molecule is Cc1ccc(C)c(NC(=O)COc2ccc(Br)cc2/C=N\NC(=O)C(=O)NCC(C)C)c1. The summed E-state index contributed by atoms with van der Waals surface area (Å²) in [5, 5.41) is 9.16. The van der Waals surface area contributed by atoms with E-state index in [1.54, 1.807) is 18.2 Å². The standard InChI is InChI=1S/C23H27BrN4O4/c1-14(2)11-25-22(30)23(31)28-26-12-17-10-18(24)7-8-20(17)32-13-21(29)27-19-9-15(3)5-6-16(19)4/h5-10,12,14H,11,13H2,1-4H3,(H,25,30)(H,27,29)(H,28,31)/b26-12-. The molecular formula is C23H27BrN4O4. The average Bonchev–Trinajstić information content (AvgIpc) is 2.73. The second-order valence-corrected chi connectivity index (χ2v) is 8.56. The molecule has 0 saturated carbocycles. The van der Waals surface area contributed by atoms with E-state index in [0.717, 1.165) is 21.3 Å². The fourth-order valence-corrected chi connectivity index (χ4v) is 2.92. The first-order chi connectivity index (χ1) is 15.2. The van der Waals surface area contributed by atoms with E-state index in [0.29, 0.717) is 17.9 Å². The quantitative estimate of drug-likeness (QED) is 0.292. The van der Waals surface area contributed by atoms with Crippen LogP contribution < -0.4 is 20.8 Å². The molecule has 0 fully saturated rings. The third kappa shape index (κ3) is 8.14. The van der Waals surface area contributed by atoms with Crippen molar-refractivity contribution in [1.29, 1.82) is 0 Å². The number of aryl methyl sites for hydroxylation is 2. The Morgan fingerprint density at radius 1 is 1.09 bits per heavy atom. The minimum absolute atomic E-state index is 0.209. The maximum atomic E-state index is 12.3. The molecule has 0 aliphatic rings. The van der Waals surface area contributed by atoms with Gasteiger partial charge < -0.3 is 15.4 Å². The van der Waals surface area contributed by atoms with Gasteiger partial charge in [-0.3, -0.25) is 14.4 Å². The highest BCUT2D eigenvalue weighted by Gasteiger charge is 2.13. The summed E-state index contributed by atoms with van der Waals surface area (Å²) >= 11 is 3.37. The molecule has 2 rings (SSSR count). The van der Waals surface area contributed by atoms with Gasteiger partial charge in [0.2, 0.25) is 0 Å². The lowest BCUT2D eigenvalue weighted by atomic mass is 10.1. The summed E-state index contributed by atoms with van der Waals surface area (Å²) < 4.78 is 6.41. The van der Waals surface area contributed by atoms with Gasteiger partial charge in [-0.05, 0) is 55.2 Å². The zero-order valence-electron chi connectivity index (χ0n) is 18.5. The van der Waals surface area contributed by atoms with Crippen LogP contribution in [0.15, 0.2) is 46.0 Å². The maximum Gasteiger partial charge on any atom is 0.329 e. The fourth-order valence-electron chi connectivity index (χ4n) is 2.54. The number of nitrogens with zero attached hydrogens (tertiary/aromatic N) is 1. The topological polar surface area (TPSA) is 109 Å². The van der Waals surface area contributed by atoms with Crippen LogP contribution in [0.5, 0.6) is 5.75 Å². The van der Waals surface area contributed by atoms with E-state index < -0.39 is 11.8 Å². The van der Waals surface area contributed by atoms with Gasteiger partial charge in [-0.1, -0.05) is 41.9 Å². The van der Waals surface area contributed by atoms with Crippen molar-refractivity contribution in [3.05, 3.63) is 57.6 Å². The molecule has 8 nitrogen and oxygen atoms in total. The first-order valence-corrected chi connectivity index (χ1v) is 10.9. The van der Waals surface area contributed by atoms with Crippen LogP contribution >= 0.6 is 15.9 Å². The Kier molecular flexibility index (Phi) is 9.39. The molecule has 0 unspecified atom stereocenters. The summed E-state index contributed by atoms with van der Waals surface area (Å²) in [5.41, 5.74) is 5.42. The minimum atomic E-state index is -0.868. The van der Waals surface area contributed by atoms with Gasteiger partial charge in [0.25, 0.3) is 5.91 Å². The van der Waals surface area contributed by atoms with Crippen LogP contribution in [-0.4, -0.2) is 37.1 Å². The van der Waals surface area contributed by atoms with Crippen molar-refractivity contribution >= 4 is 45.6 Å². The van der Waals surface area contributed by atoms with E-state index in [1.807, 2.05) is 45.9 Å². The Labute approximate surface area is 195 Å². The number of carbonyl (C=O) groups excluding carboxylic acids is 3. The predicted molar refractivity (Wildman–Crippen MR) is 128 cm³/mol. The lowest BCUT2D eigenvalue weighted by Crippen LogP contribution is -2.39. The van der Waals surface area contributed by atoms with Crippen molar-refractivity contribution in [2.45, 2.75) is 27.7 Å². The molecule has 170 valence electrons. The monoisotopic (exact) mass is 502 g/mol. The number of benzene rings is 2. The number of anilines is 1. The highest BCUT2D eigenvalue weighted by atomic mass is 79.9. The van der Waals surface area contributed by atoms with Crippen molar-refractivity contribution in [2.24, 2.45) is 11.0 Å². The van der Waals surface area contributed by atoms with Crippen LogP contribution in [0.3, 0.4) is 0 Å². The van der Waals surface area contributed by atoms with Crippen LogP contribution in [0.1, 0.15) is 30.5 Å². The van der Waals surface area contributed by atoms with Gasteiger partial charge in [0.05, 0.1) is 6.21 Å². The number of halogens is 1. The number of carbonyl (C=O) groups is 3. The van der Waals surface area contributed by atoms with Crippen molar-refractivity contribution in [3.8, 4) is 5.75 Å². The summed E-state index contributed by atoms with van der Waals surface area (Å²) in [5.74, 6) is -1.31.